The zero-order valence-electron chi connectivity index (χ0n) is 16.2. The standard InChI is InChI=1S/C21H22N2O4S2/c1-14-8-9-15(2)17(10-14)23-18-12-29(25,26)13-19(18)28-21(23)22-20(24)11-27-16-6-4-3-5-7-16/h3-10,18-19H,11-13H2,1-2H3. The molecule has 0 aliphatic carbocycles. The van der Waals surface area contributed by atoms with Crippen molar-refractivity contribution < 1.29 is 17.9 Å². The molecule has 2 fully saturated rings. The van der Waals surface area contributed by atoms with E-state index in [0.29, 0.717) is 10.9 Å². The summed E-state index contributed by atoms with van der Waals surface area (Å²) in [6, 6.07) is 14.9. The number of rotatable bonds is 4. The molecule has 2 saturated heterocycles. The van der Waals surface area contributed by atoms with Crippen LogP contribution in [0.4, 0.5) is 5.69 Å². The third-order valence-corrected chi connectivity index (χ3v) is 8.23. The minimum absolute atomic E-state index is 0.0752. The fourth-order valence-corrected chi connectivity index (χ4v) is 7.55. The number of para-hydroxylation sites is 1. The van der Waals surface area contributed by atoms with Crippen LogP contribution in [0.3, 0.4) is 0 Å². The maximum atomic E-state index is 12.5. The van der Waals surface area contributed by atoms with Gasteiger partial charge in [0.25, 0.3) is 5.91 Å². The van der Waals surface area contributed by atoms with Crippen molar-refractivity contribution in [1.82, 2.24) is 0 Å². The number of amides is 1. The van der Waals surface area contributed by atoms with Crippen molar-refractivity contribution in [2.75, 3.05) is 23.0 Å². The molecule has 2 atom stereocenters. The molecule has 4 rings (SSSR count). The van der Waals surface area contributed by atoms with Crippen LogP contribution in [0.2, 0.25) is 0 Å². The van der Waals surface area contributed by atoms with Gasteiger partial charge in [-0.3, -0.25) is 4.79 Å². The van der Waals surface area contributed by atoms with Crippen molar-refractivity contribution in [3.05, 3.63) is 59.7 Å². The van der Waals surface area contributed by atoms with Gasteiger partial charge < -0.3 is 9.64 Å². The topological polar surface area (TPSA) is 76.0 Å². The summed E-state index contributed by atoms with van der Waals surface area (Å²) in [6.07, 6.45) is 0. The van der Waals surface area contributed by atoms with Crippen molar-refractivity contribution in [3.63, 3.8) is 0 Å². The number of hydrogen-bond acceptors (Lipinski definition) is 5. The maximum Gasteiger partial charge on any atom is 0.285 e. The van der Waals surface area contributed by atoms with E-state index in [-0.39, 0.29) is 29.4 Å². The molecule has 0 radical (unpaired) electrons. The van der Waals surface area contributed by atoms with Gasteiger partial charge in [0.2, 0.25) is 0 Å². The molecule has 8 heteroatoms. The molecule has 2 aromatic carbocycles. The molecule has 0 bridgehead atoms. The zero-order valence-corrected chi connectivity index (χ0v) is 17.9. The van der Waals surface area contributed by atoms with E-state index in [4.69, 9.17) is 4.74 Å². The number of amidine groups is 1. The number of anilines is 1. The van der Waals surface area contributed by atoms with Gasteiger partial charge in [-0.25, -0.2) is 8.42 Å². The SMILES string of the molecule is Cc1ccc(C)c(N2C(=NC(=O)COc3ccccc3)SC3CS(=O)(=O)CC32)c1. The molecule has 0 N–H and O–H groups in total. The Hall–Kier alpha value is -2.32. The third-order valence-electron chi connectivity index (χ3n) is 5.02. The second kappa shape index (κ2) is 7.84. The van der Waals surface area contributed by atoms with Crippen LogP contribution in [0.25, 0.3) is 0 Å². The quantitative estimate of drug-likeness (QED) is 0.742. The summed E-state index contributed by atoms with van der Waals surface area (Å²) in [5, 5.41) is 0.423. The highest BCUT2D eigenvalue weighted by atomic mass is 32.2. The average molecular weight is 431 g/mol. The summed E-state index contributed by atoms with van der Waals surface area (Å²) < 4.78 is 29.9. The van der Waals surface area contributed by atoms with Crippen LogP contribution in [0.1, 0.15) is 11.1 Å². The van der Waals surface area contributed by atoms with Gasteiger partial charge in [-0.2, -0.15) is 4.99 Å². The predicted octanol–water partition coefficient (Wildman–Crippen LogP) is 2.98. The van der Waals surface area contributed by atoms with Gasteiger partial charge in [-0.05, 0) is 43.2 Å². The van der Waals surface area contributed by atoms with E-state index in [1.165, 1.54) is 11.8 Å². The van der Waals surface area contributed by atoms with Crippen molar-refractivity contribution in [3.8, 4) is 5.75 Å². The fraction of sp³-hybridized carbons (Fsp3) is 0.333. The van der Waals surface area contributed by atoms with Gasteiger partial charge >= 0.3 is 0 Å². The summed E-state index contributed by atoms with van der Waals surface area (Å²) in [7, 11) is -3.09. The van der Waals surface area contributed by atoms with Crippen LogP contribution in [-0.2, 0) is 14.6 Å². The lowest BCUT2D eigenvalue weighted by Crippen LogP contribution is -2.38. The monoisotopic (exact) mass is 430 g/mol. The number of benzene rings is 2. The fourth-order valence-electron chi connectivity index (χ4n) is 3.63. The van der Waals surface area contributed by atoms with Crippen molar-refractivity contribution in [2.45, 2.75) is 25.1 Å². The van der Waals surface area contributed by atoms with Gasteiger partial charge in [0.15, 0.2) is 21.6 Å². The van der Waals surface area contributed by atoms with Crippen LogP contribution in [0, 0.1) is 13.8 Å². The van der Waals surface area contributed by atoms with E-state index in [9.17, 15) is 13.2 Å². The molecule has 0 spiro atoms. The first-order valence-corrected chi connectivity index (χ1v) is 12.1. The van der Waals surface area contributed by atoms with Crippen LogP contribution >= 0.6 is 11.8 Å². The Kier molecular flexibility index (Phi) is 5.40. The number of ether oxygens (including phenoxy) is 1. The number of aryl methyl sites for hydroxylation is 2. The van der Waals surface area contributed by atoms with E-state index in [2.05, 4.69) is 4.99 Å². The lowest BCUT2D eigenvalue weighted by Gasteiger charge is -2.26. The smallest absolute Gasteiger partial charge is 0.285 e. The molecule has 152 valence electrons. The molecule has 2 heterocycles. The molecule has 2 aliphatic rings. The van der Waals surface area contributed by atoms with Crippen molar-refractivity contribution in [1.29, 1.82) is 0 Å². The molecular weight excluding hydrogens is 408 g/mol. The number of hydrogen-bond donors (Lipinski definition) is 0. The minimum Gasteiger partial charge on any atom is -0.484 e. The summed E-state index contributed by atoms with van der Waals surface area (Å²) in [6.45, 7) is 3.81. The molecule has 0 aromatic heterocycles. The van der Waals surface area contributed by atoms with Gasteiger partial charge in [-0.15, -0.1) is 0 Å². The summed E-state index contributed by atoms with van der Waals surface area (Å²) >= 11 is 1.37. The van der Waals surface area contributed by atoms with Gasteiger partial charge in [0, 0.05) is 10.9 Å². The first-order chi connectivity index (χ1) is 13.8. The predicted molar refractivity (Wildman–Crippen MR) is 117 cm³/mol. The number of sulfone groups is 1. The largest absolute Gasteiger partial charge is 0.484 e. The number of fused-ring (bicyclic) bond motifs is 1. The number of aliphatic imine (C=N–C) groups is 1. The Bertz CT molecular complexity index is 1070. The van der Waals surface area contributed by atoms with E-state index in [1.807, 2.05) is 55.1 Å². The summed E-state index contributed by atoms with van der Waals surface area (Å²) in [5.41, 5.74) is 2.98. The van der Waals surface area contributed by atoms with E-state index in [1.54, 1.807) is 12.1 Å². The lowest BCUT2D eigenvalue weighted by atomic mass is 10.1. The Morgan fingerprint density at radius 3 is 2.69 bits per heavy atom. The van der Waals surface area contributed by atoms with Crippen molar-refractivity contribution in [2.24, 2.45) is 4.99 Å². The molecule has 2 aromatic rings. The highest BCUT2D eigenvalue weighted by molar-refractivity contribution is 8.16. The Balaban J connectivity index is 1.61. The number of carbonyl (C=O) groups excluding carboxylic acids is 1. The number of carbonyl (C=O) groups is 1. The minimum atomic E-state index is -3.09. The Morgan fingerprint density at radius 2 is 1.93 bits per heavy atom. The number of thioether (sulfide) groups is 1. The van der Waals surface area contributed by atoms with Gasteiger partial charge in [0.1, 0.15) is 5.75 Å². The molecule has 1 amide bonds. The molecule has 2 unspecified atom stereocenters. The molecule has 6 nitrogen and oxygen atoms in total. The number of nitrogens with zero attached hydrogens (tertiary/aromatic N) is 2. The lowest BCUT2D eigenvalue weighted by molar-refractivity contribution is -0.119. The summed E-state index contributed by atoms with van der Waals surface area (Å²) in [4.78, 5) is 18.7. The van der Waals surface area contributed by atoms with Crippen LogP contribution < -0.4 is 9.64 Å². The highest BCUT2D eigenvalue weighted by Crippen LogP contribution is 2.42. The zero-order chi connectivity index (χ0) is 20.6. The first-order valence-electron chi connectivity index (χ1n) is 9.35. The third kappa shape index (κ3) is 4.33. The van der Waals surface area contributed by atoms with Crippen LogP contribution in [0.15, 0.2) is 53.5 Å². The van der Waals surface area contributed by atoms with E-state index < -0.39 is 15.7 Å². The molecular formula is C21H22N2O4S2. The average Bonchev–Trinajstić information content (AvgIpc) is 3.14. The normalized spacial score (nSPS) is 23.9. The molecule has 0 saturated carbocycles. The van der Waals surface area contributed by atoms with Crippen molar-refractivity contribution >= 4 is 38.4 Å². The second-order valence-corrected chi connectivity index (χ2v) is 10.7. The first kappa shape index (κ1) is 20.0. The van der Waals surface area contributed by atoms with E-state index >= 15 is 0 Å². The van der Waals surface area contributed by atoms with Crippen LogP contribution in [-0.4, -0.2) is 48.9 Å². The maximum absolute atomic E-state index is 12.5. The van der Waals surface area contributed by atoms with E-state index in [0.717, 1.165) is 16.8 Å². The Labute approximate surface area is 174 Å². The molecule has 29 heavy (non-hydrogen) atoms. The second-order valence-electron chi connectivity index (χ2n) is 7.35. The van der Waals surface area contributed by atoms with Gasteiger partial charge in [-0.1, -0.05) is 42.1 Å². The molecule has 2 aliphatic heterocycles. The highest BCUT2D eigenvalue weighted by Gasteiger charge is 2.49. The Morgan fingerprint density at radius 1 is 1.17 bits per heavy atom. The van der Waals surface area contributed by atoms with Crippen LogP contribution in [0.5, 0.6) is 5.75 Å². The summed E-state index contributed by atoms with van der Waals surface area (Å²) in [5.74, 6) is 0.396. The van der Waals surface area contributed by atoms with Gasteiger partial charge in [0.05, 0.1) is 17.5 Å².